The molecule has 2 aromatic rings. The Bertz CT molecular complexity index is 1310. The molecule has 1 aliphatic heterocycles. The zero-order chi connectivity index (χ0) is 27.4. The number of nitrogens with zero attached hydrogens (tertiary/aromatic N) is 1. The molecule has 0 spiro atoms. The first-order valence-corrected chi connectivity index (χ1v) is 13.1. The number of hydrogen-bond acceptors (Lipinski definition) is 9. The van der Waals surface area contributed by atoms with Crippen molar-refractivity contribution in [3.63, 3.8) is 0 Å². The topological polar surface area (TPSA) is 141 Å². The minimum Gasteiger partial charge on any atom is -0.462 e. The van der Waals surface area contributed by atoms with E-state index in [0.717, 1.165) is 10.6 Å². The molecule has 0 saturated carbocycles. The average molecular weight is 556 g/mol. The second kappa shape index (κ2) is 11.7. The van der Waals surface area contributed by atoms with Gasteiger partial charge in [-0.25, -0.2) is 8.96 Å². The number of nitrogens with one attached hydrogen (secondary N) is 2. The van der Waals surface area contributed by atoms with Gasteiger partial charge in [0.05, 0.1) is 6.10 Å². The lowest BCUT2D eigenvalue weighted by atomic mass is 9.98. The molecule has 1 aliphatic rings. The van der Waals surface area contributed by atoms with Crippen molar-refractivity contribution >= 4 is 25.9 Å². The van der Waals surface area contributed by atoms with Crippen LogP contribution < -0.4 is 15.2 Å². The van der Waals surface area contributed by atoms with Crippen LogP contribution in [0, 0.1) is 17.1 Å². The van der Waals surface area contributed by atoms with Crippen LogP contribution in [0.15, 0.2) is 47.4 Å². The van der Waals surface area contributed by atoms with E-state index in [0.29, 0.717) is 0 Å². The number of aromatic amines is 1. The molecule has 0 amide bonds. The molecular weight excluding hydrogens is 528 g/mol. The Labute approximate surface area is 217 Å². The number of para-hydroxylation sites is 1. The van der Waals surface area contributed by atoms with E-state index < -0.39 is 62.1 Å². The van der Waals surface area contributed by atoms with E-state index in [9.17, 15) is 19.3 Å². The molecule has 200 valence electrons. The highest BCUT2D eigenvalue weighted by atomic mass is 32.1. The maximum Gasteiger partial charge on any atom is 0.459 e. The third kappa shape index (κ3) is 6.73. The van der Waals surface area contributed by atoms with Gasteiger partial charge in [0.25, 0.3) is 5.56 Å². The zero-order valence-corrected chi connectivity index (χ0v) is 21.9. The minimum atomic E-state index is -4.39. The summed E-state index contributed by atoms with van der Waals surface area (Å²) in [5, 5.41) is 13.1. The third-order valence-corrected chi connectivity index (χ3v) is 7.16. The molecule has 6 atom stereocenters. The second-order valence-corrected chi connectivity index (χ2v) is 10.5. The Kier molecular flexibility index (Phi) is 9.07. The standard InChI is InChI=1S/C23H27FN3O8PS/c1-5-23(19(29)18(24)20(34-23)27-12-11-17(28)25-22(27)37)13-32-36(31,35-16-9-7-6-8-10-16)26-15(4)21(30)33-14(2)3/h1,6-12,14-15,18-20,29H,13H2,2-4H3,(H,26,31)(H,25,28,37)/t15-,18-,19?,20+,23+,36?/m0/s1. The van der Waals surface area contributed by atoms with Crippen molar-refractivity contribution in [2.24, 2.45) is 0 Å². The summed E-state index contributed by atoms with van der Waals surface area (Å²) in [6.45, 7) is 3.88. The predicted molar refractivity (Wildman–Crippen MR) is 133 cm³/mol. The van der Waals surface area contributed by atoms with Crippen LogP contribution in [-0.4, -0.2) is 57.3 Å². The van der Waals surface area contributed by atoms with Gasteiger partial charge in [0.15, 0.2) is 22.8 Å². The van der Waals surface area contributed by atoms with Gasteiger partial charge in [0.2, 0.25) is 0 Å². The number of aromatic nitrogens is 2. The Hall–Kier alpha value is -2.85. The van der Waals surface area contributed by atoms with Crippen LogP contribution in [0.3, 0.4) is 0 Å². The number of aliphatic hydroxyl groups is 1. The first-order valence-electron chi connectivity index (χ1n) is 11.2. The van der Waals surface area contributed by atoms with Gasteiger partial charge >= 0.3 is 13.7 Å². The molecule has 2 unspecified atom stereocenters. The smallest absolute Gasteiger partial charge is 0.459 e. The van der Waals surface area contributed by atoms with Crippen molar-refractivity contribution in [3.05, 3.63) is 57.7 Å². The first-order chi connectivity index (χ1) is 17.4. The summed E-state index contributed by atoms with van der Waals surface area (Å²) in [5.41, 5.74) is -2.65. The summed E-state index contributed by atoms with van der Waals surface area (Å²) in [6, 6.07) is 7.89. The summed E-state index contributed by atoms with van der Waals surface area (Å²) in [7, 11) is -4.39. The van der Waals surface area contributed by atoms with Gasteiger partial charge in [-0.1, -0.05) is 24.1 Å². The van der Waals surface area contributed by atoms with Gasteiger partial charge in [-0.2, -0.15) is 5.09 Å². The molecule has 3 rings (SSSR count). The number of hydrogen-bond donors (Lipinski definition) is 3. The molecule has 0 radical (unpaired) electrons. The van der Waals surface area contributed by atoms with Crippen molar-refractivity contribution in [2.45, 2.75) is 57.0 Å². The van der Waals surface area contributed by atoms with E-state index in [4.69, 9.17) is 37.2 Å². The molecule has 3 N–H and O–H groups in total. The number of benzene rings is 1. The van der Waals surface area contributed by atoms with Gasteiger partial charge in [0.1, 0.15) is 24.5 Å². The summed E-state index contributed by atoms with van der Waals surface area (Å²) in [6.07, 6.45) is 0.799. The number of halogens is 1. The van der Waals surface area contributed by atoms with Crippen LogP contribution in [-0.2, 0) is 23.4 Å². The predicted octanol–water partition coefficient (Wildman–Crippen LogP) is 2.64. The average Bonchev–Trinajstić information content (AvgIpc) is 3.08. The monoisotopic (exact) mass is 555 g/mol. The summed E-state index contributed by atoms with van der Waals surface area (Å²) in [5.74, 6) is 1.58. The number of H-pyrrole nitrogens is 1. The van der Waals surface area contributed by atoms with E-state index in [-0.39, 0.29) is 10.5 Å². The van der Waals surface area contributed by atoms with Crippen LogP contribution in [0.2, 0.25) is 0 Å². The van der Waals surface area contributed by atoms with E-state index in [1.807, 2.05) is 0 Å². The summed E-state index contributed by atoms with van der Waals surface area (Å²) in [4.78, 5) is 26.1. The van der Waals surface area contributed by atoms with Gasteiger partial charge < -0.3 is 19.1 Å². The fraction of sp³-hybridized carbons (Fsp3) is 0.435. The van der Waals surface area contributed by atoms with Crippen molar-refractivity contribution in [1.82, 2.24) is 14.6 Å². The fourth-order valence-corrected chi connectivity index (χ4v) is 5.18. The minimum absolute atomic E-state index is 0.131. The number of carbonyl (C=O) groups is 1. The Morgan fingerprint density at radius 1 is 1.38 bits per heavy atom. The second-order valence-electron chi connectivity index (χ2n) is 8.46. The Morgan fingerprint density at radius 3 is 2.65 bits per heavy atom. The lowest BCUT2D eigenvalue weighted by Crippen LogP contribution is -2.45. The molecule has 37 heavy (non-hydrogen) atoms. The van der Waals surface area contributed by atoms with Crippen LogP contribution in [0.1, 0.15) is 27.0 Å². The van der Waals surface area contributed by atoms with E-state index in [1.54, 1.807) is 32.0 Å². The highest BCUT2D eigenvalue weighted by Crippen LogP contribution is 2.48. The molecule has 0 aliphatic carbocycles. The third-order valence-electron chi connectivity index (χ3n) is 5.23. The molecule has 1 saturated heterocycles. The molecule has 1 aromatic carbocycles. The Balaban J connectivity index is 1.87. The summed E-state index contributed by atoms with van der Waals surface area (Å²) >= 11 is 5.06. The number of carbonyl (C=O) groups excluding carboxylic acids is 1. The SMILES string of the molecule is C#C[C@]1(COP(=O)(N[C@@H](C)C(=O)OC(C)C)Oc2ccccc2)O[C@@H](n2ccc(=O)[nH]c2=S)[C@@H](F)C1O. The van der Waals surface area contributed by atoms with Gasteiger partial charge in [0, 0.05) is 12.3 Å². The lowest BCUT2D eigenvalue weighted by molar-refractivity contribution is -0.149. The highest BCUT2D eigenvalue weighted by molar-refractivity contribution is 7.71. The quantitative estimate of drug-likeness (QED) is 0.173. The fourth-order valence-electron chi connectivity index (χ4n) is 3.40. The van der Waals surface area contributed by atoms with E-state index in [2.05, 4.69) is 16.0 Å². The van der Waals surface area contributed by atoms with E-state index >= 15 is 4.39 Å². The largest absolute Gasteiger partial charge is 0.462 e. The number of rotatable bonds is 10. The molecular formula is C23H27FN3O8PS. The zero-order valence-electron chi connectivity index (χ0n) is 20.2. The summed E-state index contributed by atoms with van der Waals surface area (Å²) < 4.78 is 51.6. The maximum absolute atomic E-state index is 15.2. The van der Waals surface area contributed by atoms with Crippen molar-refractivity contribution in [2.75, 3.05) is 6.61 Å². The normalized spacial score (nSPS) is 25.7. The number of aliphatic hydroxyl groups excluding tert-OH is 1. The van der Waals surface area contributed by atoms with Crippen molar-refractivity contribution in [1.29, 1.82) is 0 Å². The highest BCUT2D eigenvalue weighted by Gasteiger charge is 2.56. The number of ether oxygens (including phenoxy) is 2. The molecule has 2 heterocycles. The molecule has 1 aromatic heterocycles. The maximum atomic E-state index is 15.2. The lowest BCUT2D eigenvalue weighted by Gasteiger charge is -2.29. The number of terminal acetylenes is 1. The number of alkyl halides is 1. The van der Waals surface area contributed by atoms with Crippen LogP contribution in [0.4, 0.5) is 4.39 Å². The molecule has 14 heteroatoms. The number of esters is 1. The van der Waals surface area contributed by atoms with Gasteiger partial charge in [-0.3, -0.25) is 23.7 Å². The van der Waals surface area contributed by atoms with E-state index in [1.165, 1.54) is 25.3 Å². The van der Waals surface area contributed by atoms with Crippen molar-refractivity contribution in [3.8, 4) is 18.1 Å². The Morgan fingerprint density at radius 2 is 2.05 bits per heavy atom. The molecule has 1 fully saturated rings. The molecule has 11 nitrogen and oxygen atoms in total. The van der Waals surface area contributed by atoms with Crippen molar-refractivity contribution < 1.29 is 37.4 Å². The van der Waals surface area contributed by atoms with Gasteiger partial charge in [-0.05, 0) is 45.1 Å². The van der Waals surface area contributed by atoms with Crippen LogP contribution in [0.25, 0.3) is 0 Å². The molecule has 0 bridgehead atoms. The van der Waals surface area contributed by atoms with Crippen LogP contribution >= 0.6 is 20.0 Å². The van der Waals surface area contributed by atoms with Gasteiger partial charge in [-0.15, -0.1) is 6.42 Å². The first kappa shape index (κ1) is 28.7. The van der Waals surface area contributed by atoms with Crippen LogP contribution in [0.5, 0.6) is 5.75 Å².